The van der Waals surface area contributed by atoms with Gasteiger partial charge in [-0.3, -0.25) is 20.2 Å². The topological polar surface area (TPSA) is 93.5 Å². The minimum absolute atomic E-state index is 0.0115. The van der Waals surface area contributed by atoms with Crippen LogP contribution < -0.4 is 15.4 Å². The average molecular weight is 399 g/mol. The van der Waals surface area contributed by atoms with Crippen LogP contribution in [0.1, 0.15) is 44.9 Å². The maximum Gasteiger partial charge on any atom is 0.273 e. The number of nitro groups is 1. The number of rotatable bonds is 9. The lowest BCUT2D eigenvalue weighted by Gasteiger charge is -2.21. The van der Waals surface area contributed by atoms with Crippen LogP contribution in [0.2, 0.25) is 0 Å². The molecule has 0 aliphatic carbocycles. The third-order valence-corrected chi connectivity index (χ3v) is 4.67. The highest BCUT2D eigenvalue weighted by atomic mass is 16.6. The van der Waals surface area contributed by atoms with Crippen LogP contribution >= 0.6 is 0 Å². The molecule has 156 valence electrons. The summed E-state index contributed by atoms with van der Waals surface area (Å²) in [6, 6.07) is 12.0. The lowest BCUT2D eigenvalue weighted by molar-refractivity contribution is -0.384. The molecule has 2 rings (SSSR count). The van der Waals surface area contributed by atoms with Crippen molar-refractivity contribution in [2.45, 2.75) is 46.2 Å². The van der Waals surface area contributed by atoms with Gasteiger partial charge in [0.2, 0.25) is 5.91 Å². The molecule has 0 heterocycles. The van der Waals surface area contributed by atoms with E-state index in [-0.39, 0.29) is 23.4 Å². The molecule has 2 aromatic rings. The molecule has 7 nitrogen and oxygen atoms in total. The molecule has 0 spiro atoms. The van der Waals surface area contributed by atoms with Crippen molar-refractivity contribution in [2.75, 3.05) is 12.4 Å². The monoisotopic (exact) mass is 399 g/mol. The van der Waals surface area contributed by atoms with Gasteiger partial charge in [0.15, 0.2) is 0 Å². The second kappa shape index (κ2) is 10.0. The number of amides is 1. The molecular weight excluding hydrogens is 370 g/mol. The van der Waals surface area contributed by atoms with Gasteiger partial charge in [0.25, 0.3) is 5.69 Å². The Morgan fingerprint density at radius 3 is 2.31 bits per heavy atom. The zero-order chi connectivity index (χ0) is 21.6. The molecule has 0 saturated carbocycles. The molecular formula is C22H29N3O4. The number of hydrogen-bond acceptors (Lipinski definition) is 5. The van der Waals surface area contributed by atoms with Crippen LogP contribution in [0.15, 0.2) is 42.5 Å². The normalized spacial score (nSPS) is 13.0. The summed E-state index contributed by atoms with van der Waals surface area (Å²) in [6.45, 7) is 8.17. The van der Waals surface area contributed by atoms with Gasteiger partial charge in [0.05, 0.1) is 29.8 Å². The minimum Gasteiger partial charge on any atom is -0.494 e. The summed E-state index contributed by atoms with van der Waals surface area (Å²) in [6.07, 6.45) is 1.04. The molecule has 0 saturated heterocycles. The first-order valence-corrected chi connectivity index (χ1v) is 9.69. The molecule has 0 unspecified atom stereocenters. The molecule has 0 radical (unpaired) electrons. The molecule has 0 aliphatic rings. The fourth-order valence-corrected chi connectivity index (χ4v) is 3.10. The van der Waals surface area contributed by atoms with Crippen molar-refractivity contribution in [2.24, 2.45) is 5.92 Å². The maximum atomic E-state index is 12.6. The van der Waals surface area contributed by atoms with E-state index in [9.17, 15) is 14.9 Å². The lowest BCUT2D eigenvalue weighted by atomic mass is 9.99. The molecule has 2 aromatic carbocycles. The van der Waals surface area contributed by atoms with E-state index in [0.29, 0.717) is 11.6 Å². The van der Waals surface area contributed by atoms with Crippen LogP contribution in [0.4, 0.5) is 11.4 Å². The van der Waals surface area contributed by atoms with Crippen molar-refractivity contribution in [3.63, 3.8) is 0 Å². The summed E-state index contributed by atoms with van der Waals surface area (Å²) in [5.74, 6) is 0.602. The van der Waals surface area contributed by atoms with Crippen LogP contribution in [0.25, 0.3) is 0 Å². The summed E-state index contributed by atoms with van der Waals surface area (Å²) in [5.41, 5.74) is 2.69. The largest absolute Gasteiger partial charge is 0.494 e. The van der Waals surface area contributed by atoms with Crippen molar-refractivity contribution in [1.82, 2.24) is 5.32 Å². The number of non-ortho nitro benzene ring substituents is 1. The second-order valence-electron chi connectivity index (χ2n) is 7.58. The number of nitrogens with zero attached hydrogens (tertiary/aromatic N) is 1. The van der Waals surface area contributed by atoms with Gasteiger partial charge in [-0.1, -0.05) is 38.1 Å². The van der Waals surface area contributed by atoms with E-state index >= 15 is 0 Å². The molecule has 7 heteroatoms. The summed E-state index contributed by atoms with van der Waals surface area (Å²) in [5, 5.41) is 16.9. The van der Waals surface area contributed by atoms with Gasteiger partial charge in [0.1, 0.15) is 5.75 Å². The van der Waals surface area contributed by atoms with Crippen molar-refractivity contribution in [3.8, 4) is 5.75 Å². The van der Waals surface area contributed by atoms with Crippen molar-refractivity contribution in [1.29, 1.82) is 0 Å². The fourth-order valence-electron chi connectivity index (χ4n) is 3.10. The Hall–Kier alpha value is -2.93. The van der Waals surface area contributed by atoms with Crippen LogP contribution in [0.5, 0.6) is 5.75 Å². The molecule has 0 aliphatic heterocycles. The number of nitrogens with one attached hydrogen (secondary N) is 2. The van der Waals surface area contributed by atoms with Gasteiger partial charge < -0.3 is 10.1 Å². The number of carbonyl (C=O) groups is 1. The third kappa shape index (κ3) is 6.29. The van der Waals surface area contributed by atoms with E-state index in [0.717, 1.165) is 12.0 Å². The average Bonchev–Trinajstić information content (AvgIpc) is 2.67. The first-order chi connectivity index (χ1) is 13.7. The number of anilines is 1. The van der Waals surface area contributed by atoms with Gasteiger partial charge in [0, 0.05) is 12.1 Å². The highest BCUT2D eigenvalue weighted by molar-refractivity contribution is 5.96. The van der Waals surface area contributed by atoms with Gasteiger partial charge >= 0.3 is 0 Å². The summed E-state index contributed by atoms with van der Waals surface area (Å²) in [4.78, 5) is 23.0. The number of methoxy groups -OCH3 is 1. The van der Waals surface area contributed by atoms with Gasteiger partial charge in [-0.2, -0.15) is 0 Å². The Bertz CT molecular complexity index is 850. The fraction of sp³-hybridized carbons (Fsp3) is 0.409. The van der Waals surface area contributed by atoms with Crippen molar-refractivity contribution < 1.29 is 14.5 Å². The highest BCUT2D eigenvalue weighted by Crippen LogP contribution is 2.29. The van der Waals surface area contributed by atoms with Crippen LogP contribution in [0, 0.1) is 16.0 Å². The molecule has 0 bridgehead atoms. The summed E-state index contributed by atoms with van der Waals surface area (Å²) < 4.78 is 5.17. The van der Waals surface area contributed by atoms with Gasteiger partial charge in [-0.25, -0.2) is 0 Å². The molecule has 2 atom stereocenters. The predicted octanol–water partition coefficient (Wildman–Crippen LogP) is 4.48. The summed E-state index contributed by atoms with van der Waals surface area (Å²) >= 11 is 0. The number of hydrogen-bond donors (Lipinski definition) is 2. The minimum atomic E-state index is -0.508. The van der Waals surface area contributed by atoms with Crippen LogP contribution in [-0.2, 0) is 11.2 Å². The van der Waals surface area contributed by atoms with E-state index in [1.807, 2.05) is 6.92 Å². The Morgan fingerprint density at radius 1 is 1.10 bits per heavy atom. The first-order valence-electron chi connectivity index (χ1n) is 9.69. The predicted molar refractivity (Wildman–Crippen MR) is 114 cm³/mol. The molecule has 0 aromatic heterocycles. The number of carbonyl (C=O) groups excluding carboxylic acids is 1. The van der Waals surface area contributed by atoms with Gasteiger partial charge in [-0.15, -0.1) is 0 Å². The van der Waals surface area contributed by atoms with Gasteiger partial charge in [-0.05, 0) is 43.4 Å². The summed E-state index contributed by atoms with van der Waals surface area (Å²) in [7, 11) is 1.40. The Labute approximate surface area is 171 Å². The van der Waals surface area contributed by atoms with Crippen LogP contribution in [0.3, 0.4) is 0 Å². The second-order valence-corrected chi connectivity index (χ2v) is 7.58. The molecule has 2 N–H and O–H groups in total. The quantitative estimate of drug-likeness (QED) is 0.479. The molecule has 29 heavy (non-hydrogen) atoms. The SMILES string of the molecule is COc1cc([N+](=O)[O-])ccc1NC(=O)[C@H](C)N[C@@H](C)c1ccc(CC(C)C)cc1. The molecule has 0 fully saturated rings. The van der Waals surface area contributed by atoms with E-state index in [2.05, 4.69) is 48.7 Å². The van der Waals surface area contributed by atoms with E-state index < -0.39 is 11.0 Å². The zero-order valence-corrected chi connectivity index (χ0v) is 17.6. The number of nitro benzene ring substituents is 1. The first kappa shape index (κ1) is 22.4. The maximum absolute atomic E-state index is 12.6. The Kier molecular flexibility index (Phi) is 7.73. The van der Waals surface area contributed by atoms with E-state index in [1.54, 1.807) is 6.92 Å². The van der Waals surface area contributed by atoms with E-state index in [1.165, 1.54) is 30.9 Å². The van der Waals surface area contributed by atoms with Crippen molar-refractivity contribution >= 4 is 17.3 Å². The highest BCUT2D eigenvalue weighted by Gasteiger charge is 2.19. The zero-order valence-electron chi connectivity index (χ0n) is 17.6. The van der Waals surface area contributed by atoms with E-state index in [4.69, 9.17) is 4.74 Å². The number of ether oxygens (including phenoxy) is 1. The third-order valence-electron chi connectivity index (χ3n) is 4.67. The van der Waals surface area contributed by atoms with Crippen molar-refractivity contribution in [3.05, 3.63) is 63.7 Å². The Morgan fingerprint density at radius 2 is 1.76 bits per heavy atom. The smallest absolute Gasteiger partial charge is 0.273 e. The standard InChI is InChI=1S/C22H29N3O4/c1-14(2)12-17-6-8-18(9-7-17)15(3)23-16(4)22(26)24-20-11-10-19(25(27)28)13-21(20)29-5/h6-11,13-16,23H,12H2,1-5H3,(H,24,26)/t15-,16-/m0/s1. The Balaban J connectivity index is 2.00. The molecule has 1 amide bonds. The number of benzene rings is 2. The van der Waals surface area contributed by atoms with Crippen LogP contribution in [-0.4, -0.2) is 24.0 Å². The lowest BCUT2D eigenvalue weighted by Crippen LogP contribution is -2.39.